The van der Waals surface area contributed by atoms with Crippen LogP contribution in [0.5, 0.6) is 5.75 Å². The second-order valence-electron chi connectivity index (χ2n) is 4.77. The average Bonchev–Trinajstić information content (AvgIpc) is 2.40. The van der Waals surface area contributed by atoms with Crippen molar-refractivity contribution in [2.45, 2.75) is 12.8 Å². The molecule has 0 radical (unpaired) electrons. The maximum atomic E-state index is 12.2. The molecule has 1 N–H and O–H groups in total. The Kier molecular flexibility index (Phi) is 4.20. The molecule has 4 nitrogen and oxygen atoms in total. The summed E-state index contributed by atoms with van der Waals surface area (Å²) < 4.78 is 5.23. The predicted molar refractivity (Wildman–Crippen MR) is 71.8 cm³/mol. The van der Waals surface area contributed by atoms with Crippen LogP contribution in [0.2, 0.25) is 0 Å². The van der Waals surface area contributed by atoms with Gasteiger partial charge >= 0.3 is 0 Å². The van der Waals surface area contributed by atoms with Crippen LogP contribution < -0.4 is 10.1 Å². The molecule has 0 atom stereocenters. The molecule has 1 aromatic rings. The standard InChI is InChI=1S/C14H20N2O2/c1-16-9-7-11(8-10-16)14(17)15-12-5-3-4-6-13(12)18-2/h3-6,11H,7-10H2,1-2H3,(H,15,17). The number of likely N-dealkylation sites (tertiary alicyclic amines) is 1. The lowest BCUT2D eigenvalue weighted by molar-refractivity contribution is -0.121. The molecule has 0 aliphatic carbocycles. The number of methoxy groups -OCH3 is 1. The summed E-state index contributed by atoms with van der Waals surface area (Å²) in [7, 11) is 3.70. The van der Waals surface area contributed by atoms with E-state index in [9.17, 15) is 4.79 Å². The van der Waals surface area contributed by atoms with Crippen LogP contribution in [-0.4, -0.2) is 38.1 Å². The average molecular weight is 248 g/mol. The molecule has 0 aromatic heterocycles. The van der Waals surface area contributed by atoms with Crippen molar-refractivity contribution in [3.05, 3.63) is 24.3 Å². The summed E-state index contributed by atoms with van der Waals surface area (Å²) in [5, 5.41) is 2.96. The Hall–Kier alpha value is -1.55. The van der Waals surface area contributed by atoms with Crippen molar-refractivity contribution in [1.29, 1.82) is 0 Å². The molecule has 1 aliphatic heterocycles. The number of piperidine rings is 1. The third-order valence-corrected chi connectivity index (χ3v) is 3.45. The summed E-state index contributed by atoms with van der Waals surface area (Å²) in [6.07, 6.45) is 1.86. The van der Waals surface area contributed by atoms with Gasteiger partial charge in [-0.1, -0.05) is 12.1 Å². The molecule has 1 aliphatic rings. The number of para-hydroxylation sites is 2. The second kappa shape index (κ2) is 5.87. The van der Waals surface area contributed by atoms with Crippen LogP contribution in [0, 0.1) is 5.92 Å². The predicted octanol–water partition coefficient (Wildman–Crippen LogP) is 1.98. The molecule has 0 saturated carbocycles. The topological polar surface area (TPSA) is 41.6 Å². The number of carbonyl (C=O) groups is 1. The number of anilines is 1. The van der Waals surface area contributed by atoms with Crippen LogP contribution in [0.1, 0.15) is 12.8 Å². The van der Waals surface area contributed by atoms with Crippen LogP contribution in [0.25, 0.3) is 0 Å². The first-order chi connectivity index (χ1) is 8.70. The van der Waals surface area contributed by atoms with Gasteiger partial charge in [0.05, 0.1) is 12.8 Å². The van der Waals surface area contributed by atoms with Crippen molar-refractivity contribution < 1.29 is 9.53 Å². The summed E-state index contributed by atoms with van der Waals surface area (Å²) in [5.41, 5.74) is 0.754. The molecule has 1 heterocycles. The summed E-state index contributed by atoms with van der Waals surface area (Å²) >= 11 is 0. The largest absolute Gasteiger partial charge is 0.495 e. The van der Waals surface area contributed by atoms with Gasteiger partial charge in [-0.2, -0.15) is 0 Å². The number of rotatable bonds is 3. The molecule has 0 bridgehead atoms. The smallest absolute Gasteiger partial charge is 0.227 e. The zero-order valence-electron chi connectivity index (χ0n) is 11.0. The number of nitrogens with zero attached hydrogens (tertiary/aromatic N) is 1. The van der Waals surface area contributed by atoms with Gasteiger partial charge in [-0.05, 0) is 45.1 Å². The first-order valence-corrected chi connectivity index (χ1v) is 6.33. The molecule has 1 amide bonds. The Balaban J connectivity index is 1.98. The Labute approximate surface area is 108 Å². The monoisotopic (exact) mass is 248 g/mol. The minimum absolute atomic E-state index is 0.104. The van der Waals surface area contributed by atoms with Crippen molar-refractivity contribution in [2.75, 3.05) is 32.6 Å². The lowest BCUT2D eigenvalue weighted by atomic mass is 9.96. The van der Waals surface area contributed by atoms with E-state index >= 15 is 0 Å². The number of carbonyl (C=O) groups excluding carboxylic acids is 1. The van der Waals surface area contributed by atoms with E-state index in [1.807, 2.05) is 24.3 Å². The Bertz CT molecular complexity index is 412. The Morgan fingerprint density at radius 2 is 2.00 bits per heavy atom. The maximum absolute atomic E-state index is 12.2. The van der Waals surface area contributed by atoms with Gasteiger partial charge in [0.15, 0.2) is 0 Å². The van der Waals surface area contributed by atoms with Crippen LogP contribution in [-0.2, 0) is 4.79 Å². The van der Waals surface area contributed by atoms with Gasteiger partial charge in [0, 0.05) is 5.92 Å². The first kappa shape index (κ1) is 12.9. The van der Waals surface area contributed by atoms with Gasteiger partial charge in [0.2, 0.25) is 5.91 Å². The number of ether oxygens (including phenoxy) is 1. The zero-order chi connectivity index (χ0) is 13.0. The van der Waals surface area contributed by atoms with Crippen LogP contribution in [0.15, 0.2) is 24.3 Å². The normalized spacial score (nSPS) is 17.4. The van der Waals surface area contributed by atoms with E-state index in [0.717, 1.165) is 31.6 Å². The Morgan fingerprint density at radius 1 is 1.33 bits per heavy atom. The molecular weight excluding hydrogens is 228 g/mol. The van der Waals surface area contributed by atoms with Crippen molar-refractivity contribution in [3.8, 4) is 5.75 Å². The lowest BCUT2D eigenvalue weighted by Gasteiger charge is -2.28. The fourth-order valence-corrected chi connectivity index (χ4v) is 2.25. The van der Waals surface area contributed by atoms with E-state index in [-0.39, 0.29) is 11.8 Å². The van der Waals surface area contributed by atoms with Gasteiger partial charge < -0.3 is 15.0 Å². The highest BCUT2D eigenvalue weighted by atomic mass is 16.5. The highest BCUT2D eigenvalue weighted by molar-refractivity contribution is 5.94. The van der Waals surface area contributed by atoms with Crippen molar-refractivity contribution in [3.63, 3.8) is 0 Å². The lowest BCUT2D eigenvalue weighted by Crippen LogP contribution is -2.35. The van der Waals surface area contributed by atoms with Gasteiger partial charge in [-0.3, -0.25) is 4.79 Å². The van der Waals surface area contributed by atoms with Crippen LogP contribution >= 0.6 is 0 Å². The van der Waals surface area contributed by atoms with E-state index in [1.54, 1.807) is 7.11 Å². The SMILES string of the molecule is COc1ccccc1NC(=O)C1CCN(C)CC1. The Morgan fingerprint density at radius 3 is 2.67 bits per heavy atom. The molecule has 4 heteroatoms. The minimum atomic E-state index is 0.104. The second-order valence-corrected chi connectivity index (χ2v) is 4.77. The molecule has 98 valence electrons. The summed E-state index contributed by atoms with van der Waals surface area (Å²) in [4.78, 5) is 14.4. The fraction of sp³-hybridized carbons (Fsp3) is 0.500. The van der Waals surface area contributed by atoms with E-state index in [2.05, 4.69) is 17.3 Å². The van der Waals surface area contributed by atoms with E-state index in [4.69, 9.17) is 4.74 Å². The van der Waals surface area contributed by atoms with Gasteiger partial charge in [0.1, 0.15) is 5.75 Å². The number of amides is 1. The van der Waals surface area contributed by atoms with Crippen LogP contribution in [0.3, 0.4) is 0 Å². The molecule has 0 unspecified atom stereocenters. The molecule has 1 aromatic carbocycles. The summed E-state index contributed by atoms with van der Waals surface area (Å²) in [6.45, 7) is 1.98. The van der Waals surface area contributed by atoms with E-state index in [0.29, 0.717) is 5.75 Å². The number of hydrogen-bond acceptors (Lipinski definition) is 3. The third-order valence-electron chi connectivity index (χ3n) is 3.45. The molecule has 1 fully saturated rings. The quantitative estimate of drug-likeness (QED) is 0.889. The number of nitrogens with one attached hydrogen (secondary N) is 1. The third kappa shape index (κ3) is 3.01. The fourth-order valence-electron chi connectivity index (χ4n) is 2.25. The van der Waals surface area contributed by atoms with Gasteiger partial charge in [-0.15, -0.1) is 0 Å². The highest BCUT2D eigenvalue weighted by Crippen LogP contribution is 2.25. The maximum Gasteiger partial charge on any atom is 0.227 e. The molecule has 0 spiro atoms. The summed E-state index contributed by atoms with van der Waals surface area (Å²) in [5.74, 6) is 0.928. The van der Waals surface area contributed by atoms with Crippen molar-refractivity contribution in [1.82, 2.24) is 4.90 Å². The molecule has 18 heavy (non-hydrogen) atoms. The van der Waals surface area contributed by atoms with Crippen LogP contribution in [0.4, 0.5) is 5.69 Å². The van der Waals surface area contributed by atoms with Gasteiger partial charge in [0.25, 0.3) is 0 Å². The minimum Gasteiger partial charge on any atom is -0.495 e. The highest BCUT2D eigenvalue weighted by Gasteiger charge is 2.23. The van der Waals surface area contributed by atoms with Crippen molar-refractivity contribution in [2.24, 2.45) is 5.92 Å². The van der Waals surface area contributed by atoms with E-state index in [1.165, 1.54) is 0 Å². The molecule has 2 rings (SSSR count). The van der Waals surface area contributed by atoms with Crippen molar-refractivity contribution >= 4 is 11.6 Å². The van der Waals surface area contributed by atoms with Gasteiger partial charge in [-0.25, -0.2) is 0 Å². The molecule has 1 saturated heterocycles. The zero-order valence-corrected chi connectivity index (χ0v) is 11.0. The summed E-state index contributed by atoms with van der Waals surface area (Å²) in [6, 6.07) is 7.51. The number of hydrogen-bond donors (Lipinski definition) is 1. The van der Waals surface area contributed by atoms with E-state index < -0.39 is 0 Å². The number of benzene rings is 1. The first-order valence-electron chi connectivity index (χ1n) is 6.33. The molecular formula is C14H20N2O2.